The monoisotopic (exact) mass is 497 g/mol. The van der Waals surface area contributed by atoms with Gasteiger partial charge < -0.3 is 21.1 Å². The summed E-state index contributed by atoms with van der Waals surface area (Å²) >= 11 is 0. The number of carbonyl (C=O) groups is 2. The van der Waals surface area contributed by atoms with E-state index >= 15 is 0 Å². The number of benzene rings is 1. The first-order chi connectivity index (χ1) is 17.0. The van der Waals surface area contributed by atoms with Gasteiger partial charge in [0.05, 0.1) is 18.8 Å². The van der Waals surface area contributed by atoms with Crippen molar-refractivity contribution in [2.75, 3.05) is 18.8 Å². The Morgan fingerprint density at radius 2 is 1.89 bits per heavy atom. The Hall–Kier alpha value is -3.89. The molecule has 1 saturated heterocycles. The average molecular weight is 498 g/mol. The maximum atomic E-state index is 13.2. The molecule has 4 N–H and O–H groups in total. The number of primary amides is 1. The molecule has 2 aromatic heterocycles. The second-order valence-corrected chi connectivity index (χ2v) is 10.0. The number of halogens is 1. The van der Waals surface area contributed by atoms with Crippen molar-refractivity contribution in [3.8, 4) is 11.3 Å². The molecular formula is C25H32FN7O3. The molecule has 11 heteroatoms. The Labute approximate surface area is 209 Å². The molecule has 2 amide bonds. The van der Waals surface area contributed by atoms with E-state index in [2.05, 4.69) is 10.2 Å². The first-order valence-electron chi connectivity index (χ1n) is 11.9. The van der Waals surface area contributed by atoms with Crippen molar-refractivity contribution in [2.24, 2.45) is 5.73 Å². The van der Waals surface area contributed by atoms with E-state index in [0.717, 1.165) is 18.4 Å². The van der Waals surface area contributed by atoms with Crippen LogP contribution in [0.2, 0.25) is 0 Å². The number of aromatic nitrogens is 4. The lowest BCUT2D eigenvalue weighted by atomic mass is 10.1. The molecule has 0 aliphatic carbocycles. The summed E-state index contributed by atoms with van der Waals surface area (Å²) in [5.41, 5.74) is 13.5. The summed E-state index contributed by atoms with van der Waals surface area (Å²) in [4.78, 5) is 26.6. The summed E-state index contributed by atoms with van der Waals surface area (Å²) in [6, 6.07) is 6.04. The third-order valence-corrected chi connectivity index (χ3v) is 6.05. The highest BCUT2D eigenvalue weighted by Crippen LogP contribution is 2.32. The lowest BCUT2D eigenvalue weighted by molar-refractivity contribution is 0.0255. The number of carbonyl (C=O) groups excluding carboxylic acids is 2. The minimum absolute atomic E-state index is 0.112. The van der Waals surface area contributed by atoms with E-state index in [4.69, 9.17) is 16.2 Å². The molecule has 36 heavy (non-hydrogen) atoms. The molecule has 3 heterocycles. The molecular weight excluding hydrogens is 465 g/mol. The van der Waals surface area contributed by atoms with E-state index < -0.39 is 11.5 Å². The van der Waals surface area contributed by atoms with Gasteiger partial charge in [0, 0.05) is 24.8 Å². The number of likely N-dealkylation sites (tertiary alicyclic amines) is 1. The fraction of sp³-hybridized carbons (Fsp3) is 0.440. The van der Waals surface area contributed by atoms with E-state index in [1.54, 1.807) is 38.8 Å². The van der Waals surface area contributed by atoms with Crippen LogP contribution in [0.3, 0.4) is 0 Å². The molecule has 4 rings (SSSR count). The van der Waals surface area contributed by atoms with Gasteiger partial charge in [0.15, 0.2) is 0 Å². The lowest BCUT2D eigenvalue weighted by Gasteiger charge is -2.26. The van der Waals surface area contributed by atoms with Gasteiger partial charge in [-0.1, -0.05) is 12.1 Å². The van der Waals surface area contributed by atoms with Crippen molar-refractivity contribution in [2.45, 2.75) is 58.2 Å². The molecule has 1 aliphatic rings. The van der Waals surface area contributed by atoms with Gasteiger partial charge in [0.2, 0.25) is 0 Å². The summed E-state index contributed by atoms with van der Waals surface area (Å²) in [6.07, 6.45) is 5.07. The van der Waals surface area contributed by atoms with Crippen molar-refractivity contribution < 1.29 is 18.7 Å². The predicted molar refractivity (Wildman–Crippen MR) is 133 cm³/mol. The Kier molecular flexibility index (Phi) is 7.00. The van der Waals surface area contributed by atoms with E-state index in [-0.39, 0.29) is 29.3 Å². The van der Waals surface area contributed by atoms with Crippen LogP contribution in [0.25, 0.3) is 11.3 Å². The molecule has 3 aromatic rings. The van der Waals surface area contributed by atoms with E-state index in [1.807, 2.05) is 20.8 Å². The number of nitrogens with two attached hydrogens (primary N) is 2. The highest BCUT2D eigenvalue weighted by Gasteiger charge is 2.30. The van der Waals surface area contributed by atoms with Gasteiger partial charge in [-0.3, -0.25) is 9.48 Å². The quantitative estimate of drug-likeness (QED) is 0.553. The molecule has 0 unspecified atom stereocenters. The van der Waals surface area contributed by atoms with Gasteiger partial charge in [-0.15, -0.1) is 0 Å². The molecule has 0 spiro atoms. The fourth-order valence-corrected chi connectivity index (χ4v) is 4.35. The van der Waals surface area contributed by atoms with Crippen LogP contribution < -0.4 is 11.5 Å². The summed E-state index contributed by atoms with van der Waals surface area (Å²) in [6.45, 7) is 6.99. The highest BCUT2D eigenvalue weighted by molar-refractivity contribution is 6.03. The number of rotatable bonds is 5. The maximum absolute atomic E-state index is 13.2. The molecule has 1 fully saturated rings. The Morgan fingerprint density at radius 3 is 2.56 bits per heavy atom. The summed E-state index contributed by atoms with van der Waals surface area (Å²) < 4.78 is 22.0. The fourth-order valence-electron chi connectivity index (χ4n) is 4.35. The lowest BCUT2D eigenvalue weighted by Crippen LogP contribution is -2.37. The average Bonchev–Trinajstić information content (AvgIpc) is 3.30. The van der Waals surface area contributed by atoms with Gasteiger partial charge in [0.25, 0.3) is 5.91 Å². The molecule has 1 aliphatic heterocycles. The third kappa shape index (κ3) is 5.67. The van der Waals surface area contributed by atoms with Crippen LogP contribution >= 0.6 is 0 Å². The molecule has 0 radical (unpaired) electrons. The van der Waals surface area contributed by atoms with Gasteiger partial charge in [-0.2, -0.15) is 10.2 Å². The first kappa shape index (κ1) is 25.2. The SMILES string of the molecule is CC(C)(C)OC(=O)N1CCC[C@H](n2nc(-c3cnn(Cc4ccc(F)cc4)c3)c(C(N)=O)c2N)CC1. The van der Waals surface area contributed by atoms with E-state index in [9.17, 15) is 14.0 Å². The highest BCUT2D eigenvalue weighted by atomic mass is 19.1. The second kappa shape index (κ2) is 10.00. The zero-order chi connectivity index (χ0) is 26.0. The number of nitrogen functional groups attached to an aromatic ring is 1. The third-order valence-electron chi connectivity index (χ3n) is 6.05. The van der Waals surface area contributed by atoms with Crippen LogP contribution in [-0.4, -0.2) is 55.2 Å². The van der Waals surface area contributed by atoms with Crippen LogP contribution in [0, 0.1) is 5.82 Å². The Morgan fingerprint density at radius 1 is 1.17 bits per heavy atom. The first-order valence-corrected chi connectivity index (χ1v) is 11.9. The number of hydrogen-bond acceptors (Lipinski definition) is 6. The summed E-state index contributed by atoms with van der Waals surface area (Å²) in [7, 11) is 0. The maximum Gasteiger partial charge on any atom is 0.410 e. The van der Waals surface area contributed by atoms with Crippen molar-refractivity contribution in [1.29, 1.82) is 0 Å². The van der Waals surface area contributed by atoms with Gasteiger partial charge >= 0.3 is 6.09 Å². The Balaban J connectivity index is 1.55. The smallest absolute Gasteiger partial charge is 0.410 e. The standard InChI is InChI=1S/C25H32FN7O3/c1-25(2,3)36-24(35)31-11-4-5-19(10-12-31)33-22(27)20(23(28)34)21(30-33)17-13-29-32(15-17)14-16-6-8-18(26)9-7-16/h6-9,13,15,19H,4-5,10-12,14,27H2,1-3H3,(H2,28,34)/t19-/m0/s1. The van der Waals surface area contributed by atoms with Crippen molar-refractivity contribution in [3.05, 3.63) is 53.6 Å². The van der Waals surface area contributed by atoms with Gasteiger partial charge in [-0.05, 0) is 57.7 Å². The molecule has 1 atom stereocenters. The number of hydrogen-bond donors (Lipinski definition) is 2. The number of anilines is 1. The minimum atomic E-state index is -0.677. The van der Waals surface area contributed by atoms with Gasteiger partial charge in [-0.25, -0.2) is 13.9 Å². The zero-order valence-corrected chi connectivity index (χ0v) is 20.8. The molecule has 0 bridgehead atoms. The van der Waals surface area contributed by atoms with Crippen molar-refractivity contribution in [3.63, 3.8) is 0 Å². The van der Waals surface area contributed by atoms with Crippen LogP contribution in [0.1, 0.15) is 62.0 Å². The summed E-state index contributed by atoms with van der Waals surface area (Å²) in [5.74, 6) is -0.789. The normalized spacial score (nSPS) is 16.6. The van der Waals surface area contributed by atoms with Gasteiger partial charge in [0.1, 0.15) is 28.5 Å². The van der Waals surface area contributed by atoms with Crippen LogP contribution in [-0.2, 0) is 11.3 Å². The minimum Gasteiger partial charge on any atom is -0.444 e. The predicted octanol–water partition coefficient (Wildman–Crippen LogP) is 3.58. The Bertz CT molecular complexity index is 1240. The molecule has 0 saturated carbocycles. The van der Waals surface area contributed by atoms with Crippen molar-refractivity contribution >= 4 is 17.8 Å². The largest absolute Gasteiger partial charge is 0.444 e. The number of nitrogens with zero attached hydrogens (tertiary/aromatic N) is 5. The van der Waals surface area contributed by atoms with Crippen LogP contribution in [0.15, 0.2) is 36.7 Å². The summed E-state index contributed by atoms with van der Waals surface area (Å²) in [5, 5.41) is 9.04. The van der Waals surface area contributed by atoms with E-state index in [0.29, 0.717) is 37.3 Å². The molecule has 192 valence electrons. The number of amides is 2. The molecule has 1 aromatic carbocycles. The van der Waals surface area contributed by atoms with Crippen LogP contribution in [0.5, 0.6) is 0 Å². The topological polar surface area (TPSA) is 134 Å². The van der Waals surface area contributed by atoms with E-state index in [1.165, 1.54) is 12.1 Å². The van der Waals surface area contributed by atoms with Crippen LogP contribution in [0.4, 0.5) is 15.0 Å². The number of ether oxygens (including phenoxy) is 1. The zero-order valence-electron chi connectivity index (χ0n) is 20.8. The van der Waals surface area contributed by atoms with Crippen molar-refractivity contribution in [1.82, 2.24) is 24.5 Å². The second-order valence-electron chi connectivity index (χ2n) is 10.0. The molecule has 10 nitrogen and oxygen atoms in total.